The first-order valence-electron chi connectivity index (χ1n) is 7.11. The largest absolute Gasteiger partial charge is 0.484 e. The summed E-state index contributed by atoms with van der Waals surface area (Å²) in [4.78, 5) is 24.4. The Morgan fingerprint density at radius 3 is 2.43 bits per heavy atom. The number of carbonyl (C=O) groups excluding carboxylic acids is 1. The number of benzene rings is 1. The molecule has 0 aromatic heterocycles. The van der Waals surface area contributed by atoms with Gasteiger partial charge in [0.05, 0.1) is 5.56 Å². The Balaban J connectivity index is 1.94. The lowest BCUT2D eigenvalue weighted by Gasteiger charge is -2.32. The van der Waals surface area contributed by atoms with E-state index >= 15 is 0 Å². The monoisotopic (exact) mass is 331 g/mol. The molecule has 23 heavy (non-hydrogen) atoms. The minimum atomic E-state index is -4.43. The first-order valence-corrected chi connectivity index (χ1v) is 7.11. The zero-order chi connectivity index (χ0) is 17.0. The number of alkyl halides is 3. The van der Waals surface area contributed by atoms with Gasteiger partial charge in [0.15, 0.2) is 6.61 Å². The Bertz CT molecular complexity index is 571. The second kappa shape index (κ2) is 6.89. The molecule has 0 saturated carbocycles. The normalized spacial score (nSPS) is 18.6. The summed E-state index contributed by atoms with van der Waals surface area (Å²) in [6, 6.07) is 3.11. The lowest BCUT2D eigenvalue weighted by atomic mass is 10.0. The highest BCUT2D eigenvalue weighted by Gasteiger charge is 2.32. The number of carboxylic acid groups (broad SMARTS) is 1. The van der Waals surface area contributed by atoms with Crippen molar-refractivity contribution in [2.75, 3.05) is 13.2 Å². The molecule has 0 aliphatic carbocycles. The predicted molar refractivity (Wildman–Crippen MR) is 73.9 cm³/mol. The third kappa shape index (κ3) is 4.37. The number of hydrogen-bond acceptors (Lipinski definition) is 3. The van der Waals surface area contributed by atoms with Gasteiger partial charge in [-0.05, 0) is 43.5 Å². The molecular formula is C15H16F3NO4. The van der Waals surface area contributed by atoms with E-state index in [0.717, 1.165) is 37.1 Å². The van der Waals surface area contributed by atoms with Gasteiger partial charge in [0, 0.05) is 6.54 Å². The summed E-state index contributed by atoms with van der Waals surface area (Å²) in [5.74, 6) is -1.43. The fourth-order valence-corrected chi connectivity index (χ4v) is 2.45. The molecule has 0 radical (unpaired) electrons. The molecule has 2 rings (SSSR count). The fourth-order valence-electron chi connectivity index (χ4n) is 2.45. The minimum absolute atomic E-state index is 0.121. The molecule has 1 fully saturated rings. The van der Waals surface area contributed by atoms with Crippen molar-refractivity contribution in [3.63, 3.8) is 0 Å². The molecule has 1 heterocycles. The third-order valence-corrected chi connectivity index (χ3v) is 3.65. The maximum Gasteiger partial charge on any atom is 0.416 e. The molecule has 1 amide bonds. The molecule has 1 atom stereocenters. The Kier molecular flexibility index (Phi) is 5.12. The van der Waals surface area contributed by atoms with Crippen LogP contribution in [-0.2, 0) is 15.8 Å². The molecule has 1 aliphatic heterocycles. The Morgan fingerprint density at radius 2 is 1.87 bits per heavy atom. The summed E-state index contributed by atoms with van der Waals surface area (Å²) >= 11 is 0. The number of amides is 1. The molecule has 0 bridgehead atoms. The molecule has 1 aromatic carbocycles. The first-order chi connectivity index (χ1) is 10.8. The van der Waals surface area contributed by atoms with Gasteiger partial charge in [-0.15, -0.1) is 0 Å². The SMILES string of the molecule is O=C(O)[C@@H]1CCCCN1C(=O)COc1ccc(C(F)(F)F)cc1. The summed E-state index contributed by atoms with van der Waals surface area (Å²) in [5, 5.41) is 9.11. The van der Waals surface area contributed by atoms with Crippen LogP contribution in [0.15, 0.2) is 24.3 Å². The van der Waals surface area contributed by atoms with E-state index in [9.17, 15) is 22.8 Å². The smallest absolute Gasteiger partial charge is 0.416 e. The molecule has 0 unspecified atom stereocenters. The van der Waals surface area contributed by atoms with Crippen molar-refractivity contribution < 1.29 is 32.6 Å². The van der Waals surface area contributed by atoms with E-state index in [1.165, 1.54) is 4.90 Å². The average molecular weight is 331 g/mol. The number of piperidine rings is 1. The number of halogens is 3. The van der Waals surface area contributed by atoms with Crippen molar-refractivity contribution in [1.82, 2.24) is 4.90 Å². The van der Waals surface area contributed by atoms with Crippen LogP contribution in [0.2, 0.25) is 0 Å². The number of ether oxygens (including phenoxy) is 1. The van der Waals surface area contributed by atoms with E-state index in [0.29, 0.717) is 13.0 Å². The summed E-state index contributed by atoms with van der Waals surface area (Å²) in [6.07, 6.45) is -2.59. The molecule has 5 nitrogen and oxygen atoms in total. The predicted octanol–water partition coefficient (Wildman–Crippen LogP) is 2.55. The van der Waals surface area contributed by atoms with Crippen LogP contribution < -0.4 is 4.74 Å². The number of likely N-dealkylation sites (tertiary alicyclic amines) is 1. The van der Waals surface area contributed by atoms with E-state index in [-0.39, 0.29) is 5.75 Å². The lowest BCUT2D eigenvalue weighted by molar-refractivity contribution is -0.152. The van der Waals surface area contributed by atoms with E-state index < -0.39 is 36.3 Å². The van der Waals surface area contributed by atoms with E-state index in [2.05, 4.69) is 0 Å². The van der Waals surface area contributed by atoms with Gasteiger partial charge in [-0.3, -0.25) is 4.79 Å². The summed E-state index contributed by atoms with van der Waals surface area (Å²) in [5.41, 5.74) is -0.807. The molecule has 0 spiro atoms. The Labute approximate surface area is 130 Å². The van der Waals surface area contributed by atoms with Crippen LogP contribution in [0.4, 0.5) is 13.2 Å². The van der Waals surface area contributed by atoms with Gasteiger partial charge in [-0.25, -0.2) is 4.79 Å². The van der Waals surface area contributed by atoms with Crippen molar-refractivity contribution in [2.45, 2.75) is 31.5 Å². The van der Waals surface area contributed by atoms with Crippen LogP contribution >= 0.6 is 0 Å². The van der Waals surface area contributed by atoms with Gasteiger partial charge in [0.25, 0.3) is 5.91 Å². The molecule has 1 N–H and O–H groups in total. The number of carbonyl (C=O) groups is 2. The summed E-state index contributed by atoms with van der Waals surface area (Å²) in [6.45, 7) is -0.0681. The molecule has 1 saturated heterocycles. The minimum Gasteiger partial charge on any atom is -0.484 e. The quantitative estimate of drug-likeness (QED) is 0.921. The molecular weight excluding hydrogens is 315 g/mol. The van der Waals surface area contributed by atoms with Crippen molar-refractivity contribution in [3.8, 4) is 5.75 Å². The maximum absolute atomic E-state index is 12.4. The highest BCUT2D eigenvalue weighted by molar-refractivity contribution is 5.84. The number of aliphatic carboxylic acids is 1. The highest BCUT2D eigenvalue weighted by atomic mass is 19.4. The zero-order valence-electron chi connectivity index (χ0n) is 12.2. The number of nitrogens with zero attached hydrogens (tertiary/aromatic N) is 1. The highest BCUT2D eigenvalue weighted by Crippen LogP contribution is 2.30. The van der Waals surface area contributed by atoms with Crippen molar-refractivity contribution in [1.29, 1.82) is 0 Å². The standard InChI is InChI=1S/C15H16F3NO4/c16-15(17,18)10-4-6-11(7-5-10)23-9-13(20)19-8-2-1-3-12(19)14(21)22/h4-7,12H,1-3,8-9H2,(H,21,22)/t12-/m0/s1. The third-order valence-electron chi connectivity index (χ3n) is 3.65. The van der Waals surface area contributed by atoms with E-state index in [4.69, 9.17) is 9.84 Å². The zero-order valence-corrected chi connectivity index (χ0v) is 12.2. The first kappa shape index (κ1) is 17.1. The van der Waals surface area contributed by atoms with Gasteiger partial charge in [0.1, 0.15) is 11.8 Å². The molecule has 8 heteroatoms. The summed E-state index contributed by atoms with van der Waals surface area (Å²) in [7, 11) is 0. The number of rotatable bonds is 4. The summed E-state index contributed by atoms with van der Waals surface area (Å²) < 4.78 is 42.5. The Morgan fingerprint density at radius 1 is 1.22 bits per heavy atom. The van der Waals surface area contributed by atoms with Crippen LogP contribution in [0.5, 0.6) is 5.75 Å². The molecule has 126 valence electrons. The van der Waals surface area contributed by atoms with Gasteiger partial charge in [0.2, 0.25) is 0 Å². The van der Waals surface area contributed by atoms with Crippen molar-refractivity contribution >= 4 is 11.9 Å². The molecule has 1 aliphatic rings. The van der Waals surface area contributed by atoms with Crippen LogP contribution in [0.3, 0.4) is 0 Å². The maximum atomic E-state index is 12.4. The van der Waals surface area contributed by atoms with Crippen molar-refractivity contribution in [2.24, 2.45) is 0 Å². The molecule has 1 aromatic rings. The van der Waals surface area contributed by atoms with Crippen LogP contribution in [0.25, 0.3) is 0 Å². The second-order valence-corrected chi connectivity index (χ2v) is 5.25. The second-order valence-electron chi connectivity index (χ2n) is 5.25. The van der Waals surface area contributed by atoms with Crippen LogP contribution in [0, 0.1) is 0 Å². The van der Waals surface area contributed by atoms with Gasteiger partial charge < -0.3 is 14.7 Å². The lowest BCUT2D eigenvalue weighted by Crippen LogP contribution is -2.49. The number of carboxylic acids is 1. The van der Waals surface area contributed by atoms with Gasteiger partial charge in [-0.1, -0.05) is 0 Å². The topological polar surface area (TPSA) is 66.8 Å². The average Bonchev–Trinajstić information content (AvgIpc) is 2.52. The van der Waals surface area contributed by atoms with E-state index in [1.807, 2.05) is 0 Å². The van der Waals surface area contributed by atoms with Crippen LogP contribution in [0.1, 0.15) is 24.8 Å². The Hall–Kier alpha value is -2.25. The fraction of sp³-hybridized carbons (Fsp3) is 0.467. The van der Waals surface area contributed by atoms with Gasteiger partial charge in [-0.2, -0.15) is 13.2 Å². The van der Waals surface area contributed by atoms with Gasteiger partial charge >= 0.3 is 12.1 Å². The number of hydrogen-bond donors (Lipinski definition) is 1. The van der Waals surface area contributed by atoms with E-state index in [1.54, 1.807) is 0 Å². The van der Waals surface area contributed by atoms with Crippen LogP contribution in [-0.4, -0.2) is 41.1 Å². The van der Waals surface area contributed by atoms with Crippen molar-refractivity contribution in [3.05, 3.63) is 29.8 Å².